The van der Waals surface area contributed by atoms with Crippen LogP contribution in [-0.2, 0) is 31.0 Å². The minimum absolute atomic E-state index is 0.104. The fourth-order valence-electron chi connectivity index (χ4n) is 7.86. The molecule has 7 heterocycles. The van der Waals surface area contributed by atoms with Gasteiger partial charge in [0.15, 0.2) is 6.29 Å². The highest BCUT2D eigenvalue weighted by Crippen LogP contribution is 2.46. The molecule has 4 aromatic rings. The molecule has 1 aliphatic carbocycles. The Bertz CT molecular complexity index is 2020. The second-order valence-corrected chi connectivity index (χ2v) is 15.7. The van der Waals surface area contributed by atoms with Gasteiger partial charge in [-0.2, -0.15) is 0 Å². The largest absolute Gasteiger partial charge is 0.378 e. The highest BCUT2D eigenvalue weighted by atomic mass is 32.1. The monoisotopic (exact) mass is 679 g/mol. The molecule has 49 heavy (non-hydrogen) atoms. The third-order valence-electron chi connectivity index (χ3n) is 10.5. The lowest BCUT2D eigenvalue weighted by Gasteiger charge is -2.46. The molecular weight excluding hydrogens is 639 g/mol. The molecule has 8 rings (SSSR count). The van der Waals surface area contributed by atoms with Crippen molar-refractivity contribution in [1.82, 2.24) is 19.4 Å². The number of piperazine rings is 1. The van der Waals surface area contributed by atoms with Crippen molar-refractivity contribution in [2.75, 3.05) is 54.5 Å². The first-order valence-corrected chi connectivity index (χ1v) is 17.8. The molecule has 0 spiro atoms. The Morgan fingerprint density at radius 3 is 2.61 bits per heavy atom. The number of nitrogens with one attached hydrogen (secondary N) is 1. The summed E-state index contributed by atoms with van der Waals surface area (Å²) >= 11 is 1.60. The Balaban J connectivity index is 1.04. The predicted molar refractivity (Wildman–Crippen MR) is 192 cm³/mol. The van der Waals surface area contributed by atoms with Gasteiger partial charge in [0, 0.05) is 62.1 Å². The molecule has 0 aromatic carbocycles. The van der Waals surface area contributed by atoms with Gasteiger partial charge in [-0.05, 0) is 72.6 Å². The molecule has 11 nitrogen and oxygen atoms in total. The van der Waals surface area contributed by atoms with Crippen LogP contribution in [0.4, 0.5) is 23.0 Å². The molecule has 1 N–H and O–H groups in total. The number of hydrogen-bond donors (Lipinski definition) is 1. The number of nitrogens with zero attached hydrogens (tertiary/aromatic N) is 6. The minimum atomic E-state index is -0.228. The maximum Gasteiger partial charge on any atom is 0.274 e. The molecule has 1 atom stereocenters. The molecule has 2 fully saturated rings. The second-order valence-electron chi connectivity index (χ2n) is 14.6. The van der Waals surface area contributed by atoms with E-state index in [1.54, 1.807) is 47.8 Å². The zero-order chi connectivity index (χ0) is 34.0. The molecule has 1 amide bonds. The topological polar surface area (TPSA) is 113 Å². The lowest BCUT2D eigenvalue weighted by atomic mass is 9.89. The van der Waals surface area contributed by atoms with Gasteiger partial charge in [-0.15, -0.1) is 11.3 Å². The first-order chi connectivity index (χ1) is 23.6. The highest BCUT2D eigenvalue weighted by Gasteiger charge is 2.39. The van der Waals surface area contributed by atoms with E-state index in [0.717, 1.165) is 69.0 Å². The number of carbonyl (C=O) groups is 2. The van der Waals surface area contributed by atoms with Crippen LogP contribution in [0.2, 0.25) is 0 Å². The van der Waals surface area contributed by atoms with Gasteiger partial charge in [0.25, 0.3) is 11.5 Å². The Kier molecular flexibility index (Phi) is 7.92. The summed E-state index contributed by atoms with van der Waals surface area (Å²) in [5.41, 5.74) is 5.44. The minimum Gasteiger partial charge on any atom is -0.378 e. The molecule has 2 saturated heterocycles. The van der Waals surface area contributed by atoms with Gasteiger partial charge in [-0.1, -0.05) is 13.8 Å². The number of pyridine rings is 3. The summed E-state index contributed by atoms with van der Waals surface area (Å²) in [6.45, 7) is 11.8. The molecule has 0 radical (unpaired) electrons. The van der Waals surface area contributed by atoms with Gasteiger partial charge in [0.1, 0.15) is 17.3 Å². The number of aldehydes is 1. The zero-order valence-corrected chi connectivity index (χ0v) is 29.2. The summed E-state index contributed by atoms with van der Waals surface area (Å²) in [6.07, 6.45) is 8.64. The van der Waals surface area contributed by atoms with Crippen LogP contribution in [-0.4, -0.2) is 83.1 Å². The first kappa shape index (κ1) is 31.9. The number of rotatable bonds is 7. The van der Waals surface area contributed by atoms with E-state index in [4.69, 9.17) is 4.74 Å². The molecule has 4 aromatic heterocycles. The Labute approximate surface area is 289 Å². The van der Waals surface area contributed by atoms with Crippen molar-refractivity contribution in [3.05, 3.63) is 79.7 Å². The van der Waals surface area contributed by atoms with E-state index >= 15 is 0 Å². The smallest absolute Gasteiger partial charge is 0.274 e. The van der Waals surface area contributed by atoms with Crippen molar-refractivity contribution in [3.63, 3.8) is 0 Å². The molecule has 0 bridgehead atoms. The van der Waals surface area contributed by atoms with Gasteiger partial charge < -0.3 is 19.5 Å². The molecule has 0 unspecified atom stereocenters. The van der Waals surface area contributed by atoms with Gasteiger partial charge in [0.2, 0.25) is 0 Å². The number of fused-ring (bicyclic) bond motifs is 3. The third-order valence-corrected chi connectivity index (χ3v) is 11.8. The van der Waals surface area contributed by atoms with Gasteiger partial charge >= 0.3 is 0 Å². The second kappa shape index (κ2) is 12.2. The van der Waals surface area contributed by atoms with Crippen LogP contribution in [0.3, 0.4) is 0 Å². The van der Waals surface area contributed by atoms with E-state index in [2.05, 4.69) is 45.9 Å². The maximum absolute atomic E-state index is 13.9. The van der Waals surface area contributed by atoms with Gasteiger partial charge in [-0.25, -0.2) is 9.97 Å². The Morgan fingerprint density at radius 1 is 1.06 bits per heavy atom. The summed E-state index contributed by atoms with van der Waals surface area (Å²) < 4.78 is 6.88. The number of ether oxygens (including phenoxy) is 1. The lowest BCUT2D eigenvalue weighted by Crippen LogP contribution is -2.59. The summed E-state index contributed by atoms with van der Waals surface area (Å²) in [5, 5.41) is 3.21. The van der Waals surface area contributed by atoms with Crippen molar-refractivity contribution in [2.24, 2.45) is 12.5 Å². The van der Waals surface area contributed by atoms with E-state index in [9.17, 15) is 14.4 Å². The number of aromatic nitrogens is 3. The third kappa shape index (κ3) is 5.65. The van der Waals surface area contributed by atoms with E-state index in [1.165, 1.54) is 20.6 Å². The van der Waals surface area contributed by atoms with Crippen molar-refractivity contribution in [1.29, 1.82) is 0 Å². The van der Waals surface area contributed by atoms with Crippen LogP contribution in [0.5, 0.6) is 0 Å². The average Bonchev–Trinajstić information content (AvgIpc) is 3.55. The van der Waals surface area contributed by atoms with Crippen molar-refractivity contribution in [2.45, 2.75) is 52.1 Å². The summed E-state index contributed by atoms with van der Waals surface area (Å²) in [6, 6.07) is 8.29. The number of thiophene rings is 1. The van der Waals surface area contributed by atoms with Crippen molar-refractivity contribution >= 4 is 46.5 Å². The highest BCUT2D eigenvalue weighted by molar-refractivity contribution is 7.14. The van der Waals surface area contributed by atoms with E-state index in [1.807, 2.05) is 18.3 Å². The summed E-state index contributed by atoms with van der Waals surface area (Å²) in [4.78, 5) is 57.6. The number of anilines is 4. The fraction of sp³-hybridized carbons (Fsp3) is 0.432. The molecular formula is C37H41N7O4S. The van der Waals surface area contributed by atoms with E-state index in [0.29, 0.717) is 52.6 Å². The van der Waals surface area contributed by atoms with Crippen LogP contribution < -0.4 is 20.7 Å². The Hall–Kier alpha value is -4.39. The number of hydrogen-bond acceptors (Lipinski definition) is 10. The van der Waals surface area contributed by atoms with Crippen molar-refractivity contribution < 1.29 is 14.3 Å². The standard InChI is InChI=1S/C37H41N7O4S/c1-22-17-42(25-20-48-21-25)11-12-43(22)24-5-6-32(39-16-24)40-30-13-23(18-41(4)35(30)46)26-7-9-38-34(29(26)19-45)44-10-8-27-28-14-37(2,3)15-31(28)49-33(27)36(44)47/h5-7,9,13,16,18-19,22,25H,8,10-12,14-15,17,20-21H2,1-4H3,(H,39,40)/t22-/m0/s1. The van der Waals surface area contributed by atoms with Gasteiger partial charge in [-0.3, -0.25) is 24.2 Å². The van der Waals surface area contributed by atoms with Crippen LogP contribution in [0.15, 0.2) is 47.7 Å². The SMILES string of the molecule is C[C@H]1CN(C2COC2)CCN1c1ccc(Nc2cc(-c3ccnc(N4CCc5c(sc6c5CC(C)(C)C6)C4=O)c3C=O)cn(C)c2=O)nc1. The van der Waals surface area contributed by atoms with Crippen molar-refractivity contribution in [3.8, 4) is 11.1 Å². The number of amides is 1. The summed E-state index contributed by atoms with van der Waals surface area (Å²) in [5.74, 6) is 0.782. The summed E-state index contributed by atoms with van der Waals surface area (Å²) in [7, 11) is 1.68. The van der Waals surface area contributed by atoms with E-state index in [-0.39, 0.29) is 16.9 Å². The first-order valence-electron chi connectivity index (χ1n) is 17.0. The van der Waals surface area contributed by atoms with Crippen LogP contribution in [0, 0.1) is 5.41 Å². The predicted octanol–water partition coefficient (Wildman–Crippen LogP) is 4.70. The molecule has 0 saturated carbocycles. The van der Waals surface area contributed by atoms with E-state index < -0.39 is 0 Å². The molecule has 254 valence electrons. The maximum atomic E-state index is 13.9. The molecule has 12 heteroatoms. The number of carbonyl (C=O) groups excluding carboxylic acids is 2. The number of aryl methyl sites for hydroxylation is 1. The van der Waals surface area contributed by atoms with Gasteiger partial charge in [0.05, 0.1) is 41.6 Å². The van der Waals surface area contributed by atoms with Crippen LogP contribution in [0.25, 0.3) is 11.1 Å². The quantitative estimate of drug-likeness (QED) is 0.278. The average molecular weight is 680 g/mol. The normalized spacial score (nSPS) is 20.6. The lowest BCUT2D eigenvalue weighted by molar-refractivity contribution is -0.0691. The zero-order valence-electron chi connectivity index (χ0n) is 28.4. The molecule has 3 aliphatic heterocycles. The Morgan fingerprint density at radius 2 is 1.90 bits per heavy atom. The van der Waals surface area contributed by atoms with Crippen LogP contribution in [0.1, 0.15) is 56.8 Å². The van der Waals surface area contributed by atoms with Crippen LogP contribution >= 0.6 is 11.3 Å². The fourth-order valence-corrected chi connectivity index (χ4v) is 9.43. The molecule has 4 aliphatic rings.